The van der Waals surface area contributed by atoms with Gasteiger partial charge < -0.3 is 4.57 Å². The van der Waals surface area contributed by atoms with Crippen LogP contribution in [-0.2, 0) is 18.7 Å². The molecular weight excluding hydrogens is 456 g/mol. The summed E-state index contributed by atoms with van der Waals surface area (Å²) in [6.45, 7) is 3.15. The maximum absolute atomic E-state index is 6.35. The van der Waals surface area contributed by atoms with Crippen LogP contribution < -0.4 is 0 Å². The third kappa shape index (κ3) is 3.92. The first kappa shape index (κ1) is 21.2. The minimum absolute atomic E-state index is 0.495. The molecule has 7 heteroatoms. The highest BCUT2D eigenvalue weighted by atomic mass is 35.5. The van der Waals surface area contributed by atoms with E-state index in [4.69, 9.17) is 21.7 Å². The molecule has 2 aromatic heterocycles. The molecule has 4 nitrogen and oxygen atoms in total. The lowest BCUT2D eigenvalue weighted by Gasteiger charge is -2.56. The van der Waals surface area contributed by atoms with Crippen molar-refractivity contribution < 1.29 is 0 Å². The van der Waals surface area contributed by atoms with Crippen molar-refractivity contribution in [1.29, 1.82) is 0 Å². The zero-order valence-electron chi connectivity index (χ0n) is 18.5. The van der Waals surface area contributed by atoms with E-state index in [1.165, 1.54) is 44.3 Å². The molecular formula is C25H29ClN4S2. The Labute approximate surface area is 203 Å². The van der Waals surface area contributed by atoms with Crippen LogP contribution in [-0.4, -0.2) is 19.7 Å². The number of rotatable bonds is 7. The van der Waals surface area contributed by atoms with E-state index in [1.54, 1.807) is 23.1 Å². The minimum atomic E-state index is 0.495. The molecule has 7 rings (SSSR count). The van der Waals surface area contributed by atoms with E-state index in [2.05, 4.69) is 22.0 Å². The molecule has 4 saturated carbocycles. The molecule has 0 saturated heterocycles. The van der Waals surface area contributed by atoms with Crippen molar-refractivity contribution in [2.75, 3.05) is 0 Å². The van der Waals surface area contributed by atoms with Gasteiger partial charge in [0.15, 0.2) is 5.16 Å². The molecule has 168 valence electrons. The summed E-state index contributed by atoms with van der Waals surface area (Å²) >= 11 is 9.75. The summed E-state index contributed by atoms with van der Waals surface area (Å²) in [4.78, 5) is 4.82. The maximum Gasteiger partial charge on any atom is 0.191 e. The fourth-order valence-corrected chi connectivity index (χ4v) is 9.15. The van der Waals surface area contributed by atoms with E-state index in [0.29, 0.717) is 5.41 Å². The van der Waals surface area contributed by atoms with Gasteiger partial charge in [-0.3, -0.25) is 0 Å². The minimum Gasteiger partial charge on any atom is -0.306 e. The van der Waals surface area contributed by atoms with Gasteiger partial charge in [-0.25, -0.2) is 4.98 Å². The predicted molar refractivity (Wildman–Crippen MR) is 132 cm³/mol. The number of hydrogen-bond acceptors (Lipinski definition) is 5. The highest BCUT2D eigenvalue weighted by molar-refractivity contribution is 7.98. The largest absolute Gasteiger partial charge is 0.306 e. The molecule has 3 aromatic rings. The van der Waals surface area contributed by atoms with Gasteiger partial charge in [0.25, 0.3) is 0 Å². The van der Waals surface area contributed by atoms with Gasteiger partial charge in [0.2, 0.25) is 0 Å². The van der Waals surface area contributed by atoms with Gasteiger partial charge in [-0.2, -0.15) is 0 Å². The SMILES string of the molecule is CCn1c(CC23CC4CC(CC(C4)C2)C3)nnc1SCc1csc(-c2ccccc2Cl)n1. The molecule has 4 aliphatic rings. The molecule has 0 atom stereocenters. The van der Waals surface area contributed by atoms with E-state index in [1.807, 2.05) is 24.3 Å². The Hall–Kier alpha value is -1.37. The molecule has 0 spiro atoms. The smallest absolute Gasteiger partial charge is 0.191 e. The monoisotopic (exact) mass is 484 g/mol. The quantitative estimate of drug-likeness (QED) is 0.334. The number of hydrogen-bond donors (Lipinski definition) is 0. The third-order valence-corrected chi connectivity index (χ3v) is 10.1. The summed E-state index contributed by atoms with van der Waals surface area (Å²) in [6, 6.07) is 7.91. The molecule has 0 aliphatic heterocycles. The summed E-state index contributed by atoms with van der Waals surface area (Å²) in [5.41, 5.74) is 2.57. The average Bonchev–Trinajstić information content (AvgIpc) is 3.38. The molecule has 4 aliphatic carbocycles. The average molecular weight is 485 g/mol. The van der Waals surface area contributed by atoms with Gasteiger partial charge in [-0.05, 0) is 74.7 Å². The molecule has 32 heavy (non-hydrogen) atoms. The molecule has 4 bridgehead atoms. The summed E-state index contributed by atoms with van der Waals surface area (Å²) in [5.74, 6) is 4.93. The van der Waals surface area contributed by atoms with E-state index >= 15 is 0 Å². The van der Waals surface area contributed by atoms with Crippen LogP contribution in [0.3, 0.4) is 0 Å². The second-order valence-electron chi connectivity index (χ2n) is 10.1. The van der Waals surface area contributed by atoms with Crippen LogP contribution in [0, 0.1) is 23.2 Å². The highest BCUT2D eigenvalue weighted by Gasteiger charge is 2.51. The second-order valence-corrected chi connectivity index (χ2v) is 12.4. The summed E-state index contributed by atoms with van der Waals surface area (Å²) in [7, 11) is 0. The maximum atomic E-state index is 6.35. The number of thioether (sulfide) groups is 1. The lowest BCUT2D eigenvalue weighted by molar-refractivity contribution is -0.0536. The van der Waals surface area contributed by atoms with E-state index in [0.717, 1.165) is 62.9 Å². The van der Waals surface area contributed by atoms with Gasteiger partial charge >= 0.3 is 0 Å². The van der Waals surface area contributed by atoms with Crippen molar-refractivity contribution in [2.24, 2.45) is 23.2 Å². The standard InChI is InChI=1S/C25H29ClN4S2/c1-2-30-22(13-25-10-16-7-17(11-25)9-18(8-16)12-25)28-29-24(30)32-15-19-14-31-23(27-19)20-5-3-4-6-21(20)26/h3-6,14,16-18H,2,7-13,15H2,1H3. The Morgan fingerprint density at radius 2 is 1.81 bits per heavy atom. The van der Waals surface area contributed by atoms with Crippen molar-refractivity contribution in [2.45, 2.75) is 69.3 Å². The van der Waals surface area contributed by atoms with Crippen molar-refractivity contribution in [3.63, 3.8) is 0 Å². The van der Waals surface area contributed by atoms with Crippen molar-refractivity contribution in [1.82, 2.24) is 19.7 Å². The Balaban J connectivity index is 1.16. The topological polar surface area (TPSA) is 43.6 Å². The highest BCUT2D eigenvalue weighted by Crippen LogP contribution is 2.61. The molecule has 1 aromatic carbocycles. The van der Waals surface area contributed by atoms with Gasteiger partial charge in [-0.15, -0.1) is 21.5 Å². The summed E-state index contributed by atoms with van der Waals surface area (Å²) in [5, 5.41) is 14.2. The Bertz CT molecular complexity index is 1090. The van der Waals surface area contributed by atoms with E-state index in [-0.39, 0.29) is 0 Å². The van der Waals surface area contributed by atoms with Crippen LogP contribution in [0.1, 0.15) is 57.0 Å². The Kier molecular flexibility index (Phi) is 5.59. The van der Waals surface area contributed by atoms with Crippen LogP contribution in [0.2, 0.25) is 5.02 Å². The van der Waals surface area contributed by atoms with Crippen LogP contribution in [0.25, 0.3) is 10.6 Å². The second kappa shape index (κ2) is 8.44. The number of nitrogens with zero attached hydrogens (tertiary/aromatic N) is 4. The molecule has 4 fully saturated rings. The first-order valence-electron chi connectivity index (χ1n) is 11.8. The van der Waals surface area contributed by atoms with Gasteiger partial charge in [0.05, 0.1) is 10.7 Å². The molecule has 0 unspecified atom stereocenters. The van der Waals surface area contributed by atoms with Gasteiger partial charge in [0.1, 0.15) is 10.8 Å². The van der Waals surface area contributed by atoms with Gasteiger partial charge in [-0.1, -0.05) is 41.6 Å². The number of aromatic nitrogens is 4. The van der Waals surface area contributed by atoms with E-state index < -0.39 is 0 Å². The van der Waals surface area contributed by atoms with Crippen molar-refractivity contribution >= 4 is 34.7 Å². The summed E-state index contributed by atoms with van der Waals surface area (Å²) in [6.07, 6.45) is 9.84. The lowest BCUT2D eigenvalue weighted by atomic mass is 9.49. The molecule has 0 amide bonds. The zero-order chi connectivity index (χ0) is 21.7. The van der Waals surface area contributed by atoms with Crippen LogP contribution in [0.5, 0.6) is 0 Å². The third-order valence-electron chi connectivity index (χ3n) is 7.81. The Morgan fingerprint density at radius 3 is 2.50 bits per heavy atom. The number of thiazole rings is 1. The lowest BCUT2D eigenvalue weighted by Crippen LogP contribution is -2.47. The fraction of sp³-hybridized carbons (Fsp3) is 0.560. The Morgan fingerprint density at radius 1 is 1.09 bits per heavy atom. The normalized spacial score (nSPS) is 28.5. The number of benzene rings is 1. The van der Waals surface area contributed by atoms with E-state index in [9.17, 15) is 0 Å². The predicted octanol–water partition coefficient (Wildman–Crippen LogP) is 7.13. The van der Waals surface area contributed by atoms with Crippen LogP contribution in [0.4, 0.5) is 0 Å². The first-order valence-corrected chi connectivity index (χ1v) is 14.1. The first-order chi connectivity index (χ1) is 15.6. The van der Waals surface area contributed by atoms with Crippen molar-refractivity contribution in [3.05, 3.63) is 46.2 Å². The van der Waals surface area contributed by atoms with Gasteiger partial charge in [0, 0.05) is 29.7 Å². The molecule has 0 N–H and O–H groups in total. The molecule has 0 radical (unpaired) electrons. The van der Waals surface area contributed by atoms with Crippen molar-refractivity contribution in [3.8, 4) is 10.6 Å². The van der Waals surface area contributed by atoms with Crippen LogP contribution >= 0.6 is 34.7 Å². The number of halogens is 1. The summed E-state index contributed by atoms with van der Waals surface area (Å²) < 4.78 is 2.35. The molecule has 2 heterocycles. The zero-order valence-corrected chi connectivity index (χ0v) is 20.9. The van der Waals surface area contributed by atoms with Crippen LogP contribution in [0.15, 0.2) is 34.8 Å². The fourth-order valence-electron chi connectivity index (χ4n) is 6.99.